The van der Waals surface area contributed by atoms with Crippen LogP contribution in [0.15, 0.2) is 64.9 Å². The molecule has 3 heterocycles. The summed E-state index contributed by atoms with van der Waals surface area (Å²) in [7, 11) is -1.28. The molecule has 1 saturated heterocycles. The van der Waals surface area contributed by atoms with Gasteiger partial charge in [-0.15, -0.1) is 11.3 Å². The zero-order chi connectivity index (χ0) is 26.0. The minimum atomic E-state index is -3.44. The number of benzene rings is 2. The van der Waals surface area contributed by atoms with E-state index in [9.17, 15) is 8.42 Å². The highest BCUT2D eigenvalue weighted by atomic mass is 32.2. The van der Waals surface area contributed by atoms with Crippen LogP contribution in [0.5, 0.6) is 5.88 Å². The van der Waals surface area contributed by atoms with Gasteiger partial charge in [0.1, 0.15) is 11.3 Å². The van der Waals surface area contributed by atoms with E-state index in [0.29, 0.717) is 22.3 Å². The molecule has 0 atom stereocenters. The number of aromatic nitrogens is 2. The second-order valence-corrected chi connectivity index (χ2v) is 12.8. The van der Waals surface area contributed by atoms with Crippen LogP contribution < -0.4 is 15.0 Å². The summed E-state index contributed by atoms with van der Waals surface area (Å²) in [5, 5.41) is 4.72. The Morgan fingerprint density at radius 3 is 2.46 bits per heavy atom. The first-order valence-corrected chi connectivity index (χ1v) is 14.7. The summed E-state index contributed by atoms with van der Waals surface area (Å²) in [5.41, 5.74) is 3.46. The van der Waals surface area contributed by atoms with Crippen molar-refractivity contribution < 1.29 is 13.2 Å². The summed E-state index contributed by atoms with van der Waals surface area (Å²) in [4.78, 5) is 14.3. The average Bonchev–Trinajstić information content (AvgIpc) is 3.37. The molecule has 5 rings (SSSR count). The first kappa shape index (κ1) is 25.4. The summed E-state index contributed by atoms with van der Waals surface area (Å²) in [5.74, 6) is 0.852. The minimum absolute atomic E-state index is 0.0886. The highest BCUT2D eigenvalue weighted by Gasteiger charge is 2.23. The van der Waals surface area contributed by atoms with Crippen LogP contribution >= 0.6 is 11.3 Å². The topological polar surface area (TPSA) is 87.7 Å². The number of nitrogens with one attached hydrogen (secondary N) is 1. The summed E-state index contributed by atoms with van der Waals surface area (Å²) in [6.07, 6.45) is 0. The summed E-state index contributed by atoms with van der Waals surface area (Å²) < 4.78 is 32.6. The van der Waals surface area contributed by atoms with E-state index in [2.05, 4.69) is 44.3 Å². The van der Waals surface area contributed by atoms with Crippen LogP contribution in [0.3, 0.4) is 0 Å². The Bertz CT molecular complexity index is 1480. The van der Waals surface area contributed by atoms with E-state index < -0.39 is 15.1 Å². The zero-order valence-electron chi connectivity index (χ0n) is 21.2. The number of fused-ring (bicyclic) bond motifs is 1. The highest BCUT2D eigenvalue weighted by molar-refractivity contribution is 7.92. The molecule has 0 bridgehead atoms. The smallest absolute Gasteiger partial charge is 0.237 e. The molecule has 0 aliphatic carbocycles. The number of hydrogen-bond acceptors (Lipinski definition) is 9. The molecular formula is C27H31N5O3S2. The largest absolute Gasteiger partial charge is 0.472 e. The molecule has 0 spiro atoms. The first-order chi connectivity index (χ1) is 17.8. The average molecular weight is 538 g/mol. The van der Waals surface area contributed by atoms with Crippen molar-refractivity contribution in [2.45, 2.75) is 30.6 Å². The quantitative estimate of drug-likeness (QED) is 0.338. The lowest BCUT2D eigenvalue weighted by Crippen LogP contribution is -2.44. The molecule has 1 aliphatic heterocycles. The van der Waals surface area contributed by atoms with Gasteiger partial charge in [0, 0.05) is 43.1 Å². The highest BCUT2D eigenvalue weighted by Crippen LogP contribution is 2.31. The Morgan fingerprint density at radius 2 is 1.73 bits per heavy atom. The molecule has 0 saturated carbocycles. The van der Waals surface area contributed by atoms with Crippen molar-refractivity contribution >= 4 is 48.7 Å². The number of piperazine rings is 1. The van der Waals surface area contributed by atoms with Crippen molar-refractivity contribution in [2.75, 3.05) is 43.4 Å². The number of likely N-dealkylation sites (N-methyl/N-ethyl adjacent to an activating group) is 1. The van der Waals surface area contributed by atoms with Crippen LogP contribution in [0, 0.1) is 0 Å². The summed E-state index contributed by atoms with van der Waals surface area (Å²) >= 11 is 1.49. The molecule has 37 heavy (non-hydrogen) atoms. The van der Waals surface area contributed by atoms with Gasteiger partial charge in [-0.05, 0) is 62.7 Å². The van der Waals surface area contributed by atoms with Crippen LogP contribution in [-0.4, -0.2) is 61.8 Å². The van der Waals surface area contributed by atoms with Crippen LogP contribution in [0.4, 0.5) is 17.3 Å². The van der Waals surface area contributed by atoms with Crippen LogP contribution in [0.2, 0.25) is 0 Å². The molecule has 8 nitrogen and oxygen atoms in total. The fourth-order valence-electron chi connectivity index (χ4n) is 4.24. The van der Waals surface area contributed by atoms with Crippen LogP contribution in [-0.2, 0) is 16.4 Å². The number of anilines is 3. The van der Waals surface area contributed by atoms with Crippen molar-refractivity contribution in [3.8, 4) is 5.88 Å². The lowest BCUT2D eigenvalue weighted by atomic mass is 10.2. The third-order valence-corrected chi connectivity index (χ3v) is 9.67. The second kappa shape index (κ2) is 10.6. The molecule has 1 N–H and O–H groups in total. The second-order valence-electron chi connectivity index (χ2n) is 9.44. The van der Waals surface area contributed by atoms with Gasteiger partial charge in [0.2, 0.25) is 11.8 Å². The Balaban J connectivity index is 1.35. The van der Waals surface area contributed by atoms with Gasteiger partial charge in [-0.2, -0.15) is 4.98 Å². The van der Waals surface area contributed by atoms with Crippen LogP contribution in [0.1, 0.15) is 19.4 Å². The Morgan fingerprint density at radius 1 is 1.00 bits per heavy atom. The fraction of sp³-hybridized carbons (Fsp3) is 0.333. The molecule has 0 amide bonds. The number of nitrogens with zero attached hydrogens (tertiary/aromatic N) is 4. The zero-order valence-corrected chi connectivity index (χ0v) is 22.8. The Hall–Kier alpha value is -3.21. The molecule has 10 heteroatoms. The molecule has 2 aromatic carbocycles. The maximum Gasteiger partial charge on any atom is 0.237 e. The van der Waals surface area contributed by atoms with Gasteiger partial charge in [-0.1, -0.05) is 18.2 Å². The third-order valence-electron chi connectivity index (χ3n) is 6.53. The maximum atomic E-state index is 12.8. The van der Waals surface area contributed by atoms with E-state index in [-0.39, 0.29) is 6.61 Å². The van der Waals surface area contributed by atoms with Crippen molar-refractivity contribution in [2.24, 2.45) is 0 Å². The van der Waals surface area contributed by atoms with E-state index in [1.165, 1.54) is 17.0 Å². The third kappa shape index (κ3) is 5.56. The Labute approximate surface area is 221 Å². The van der Waals surface area contributed by atoms with Crippen LogP contribution in [0.25, 0.3) is 10.2 Å². The van der Waals surface area contributed by atoms with Gasteiger partial charge in [-0.25, -0.2) is 13.4 Å². The normalized spacial score (nSPS) is 14.9. The minimum Gasteiger partial charge on any atom is -0.472 e. The van der Waals surface area contributed by atoms with Gasteiger partial charge in [0.15, 0.2) is 9.84 Å². The summed E-state index contributed by atoms with van der Waals surface area (Å²) in [6, 6.07) is 17.2. The number of hydrogen-bond donors (Lipinski definition) is 1. The molecule has 194 valence electrons. The lowest BCUT2D eigenvalue weighted by molar-refractivity contribution is 0.295. The maximum absolute atomic E-state index is 12.8. The number of thiophene rings is 1. The molecular weight excluding hydrogens is 506 g/mol. The van der Waals surface area contributed by atoms with Gasteiger partial charge in [-0.3, -0.25) is 0 Å². The van der Waals surface area contributed by atoms with Crippen molar-refractivity contribution in [1.29, 1.82) is 0 Å². The summed E-state index contributed by atoms with van der Waals surface area (Å²) in [6.45, 7) is 7.61. The van der Waals surface area contributed by atoms with E-state index in [4.69, 9.17) is 4.74 Å². The first-order valence-electron chi connectivity index (χ1n) is 12.3. The van der Waals surface area contributed by atoms with Gasteiger partial charge >= 0.3 is 0 Å². The molecule has 1 fully saturated rings. The standard InChI is InChI=1S/C27H31N5O3S2/c1-19(2)37(33,34)24-7-5-4-6-20(24)18-35-26-25-23(12-17-36-25)29-27(30-26)28-21-8-10-22(11-9-21)32-15-13-31(3)14-16-32/h4-12,17,19H,13-16,18H2,1-3H3,(H,28,29,30). The Kier molecular flexibility index (Phi) is 7.32. The fourth-order valence-corrected chi connectivity index (χ4v) is 6.28. The molecule has 0 radical (unpaired) electrons. The van der Waals surface area contributed by atoms with E-state index in [1.54, 1.807) is 32.0 Å². The predicted octanol–water partition coefficient (Wildman–Crippen LogP) is 4.95. The molecule has 2 aromatic heterocycles. The van der Waals surface area contributed by atoms with Crippen molar-refractivity contribution in [3.05, 3.63) is 65.5 Å². The van der Waals surface area contributed by atoms with E-state index >= 15 is 0 Å². The molecule has 4 aromatic rings. The monoisotopic (exact) mass is 537 g/mol. The van der Waals surface area contributed by atoms with Crippen molar-refractivity contribution in [1.82, 2.24) is 14.9 Å². The predicted molar refractivity (Wildman–Crippen MR) is 150 cm³/mol. The lowest BCUT2D eigenvalue weighted by Gasteiger charge is -2.34. The number of sulfone groups is 1. The van der Waals surface area contributed by atoms with Gasteiger partial charge in [0.25, 0.3) is 0 Å². The van der Waals surface area contributed by atoms with E-state index in [0.717, 1.165) is 42.1 Å². The molecule has 1 aliphatic rings. The van der Waals surface area contributed by atoms with E-state index in [1.807, 2.05) is 29.6 Å². The number of rotatable bonds is 8. The van der Waals surface area contributed by atoms with Crippen molar-refractivity contribution in [3.63, 3.8) is 0 Å². The SMILES string of the molecule is CC(C)S(=O)(=O)c1ccccc1COc1nc(Nc2ccc(N3CCN(C)CC3)cc2)nc2ccsc12. The number of ether oxygens (including phenoxy) is 1. The molecule has 0 unspecified atom stereocenters. The van der Waals surface area contributed by atoms with Gasteiger partial charge < -0.3 is 19.9 Å². The van der Waals surface area contributed by atoms with Gasteiger partial charge in [0.05, 0.1) is 15.7 Å².